The monoisotopic (exact) mass is 270 g/mol. The van der Waals surface area contributed by atoms with E-state index in [1.54, 1.807) is 6.20 Å². The number of amides is 1. The number of nitrogens with one attached hydrogen (secondary N) is 2. The largest absolute Gasteiger partial charge is 0.373 e. The van der Waals surface area contributed by atoms with Gasteiger partial charge in [-0.15, -0.1) is 0 Å². The summed E-state index contributed by atoms with van der Waals surface area (Å²) in [5.74, 6) is 0.0587. The summed E-state index contributed by atoms with van der Waals surface area (Å²) in [6.07, 6.45) is 3.32. The normalized spacial score (nSPS) is 16.6. The summed E-state index contributed by atoms with van der Waals surface area (Å²) in [6, 6.07) is 9.87. The zero-order valence-corrected chi connectivity index (χ0v) is 11.5. The van der Waals surface area contributed by atoms with Gasteiger partial charge in [0.2, 0.25) is 5.91 Å². The first-order valence-electron chi connectivity index (χ1n) is 6.83. The molecule has 0 radical (unpaired) electrons. The molecule has 104 valence electrons. The first kappa shape index (κ1) is 12.7. The smallest absolute Gasteiger partial charge is 0.242 e. The lowest BCUT2D eigenvalue weighted by Crippen LogP contribution is -2.39. The molecule has 5 heteroatoms. The number of para-hydroxylation sites is 1. The molecule has 1 aliphatic rings. The first-order valence-corrected chi connectivity index (χ1v) is 6.83. The Morgan fingerprint density at radius 1 is 1.45 bits per heavy atom. The van der Waals surface area contributed by atoms with Gasteiger partial charge in [-0.05, 0) is 17.7 Å². The second kappa shape index (κ2) is 5.36. The molecule has 0 saturated carbocycles. The molecule has 1 aromatic heterocycles. The van der Waals surface area contributed by atoms with E-state index in [9.17, 15) is 4.79 Å². The molecule has 1 atom stereocenters. The van der Waals surface area contributed by atoms with Crippen molar-refractivity contribution in [1.82, 2.24) is 15.1 Å². The molecule has 0 spiro atoms. The first-order chi connectivity index (χ1) is 9.74. The Labute approximate surface area is 118 Å². The van der Waals surface area contributed by atoms with Crippen molar-refractivity contribution < 1.29 is 4.79 Å². The highest BCUT2D eigenvalue weighted by Crippen LogP contribution is 2.24. The molecule has 0 saturated heterocycles. The van der Waals surface area contributed by atoms with Crippen LogP contribution in [0.2, 0.25) is 0 Å². The number of aromatic nitrogens is 2. The van der Waals surface area contributed by atoms with Crippen LogP contribution in [0.1, 0.15) is 11.3 Å². The number of rotatable bonds is 4. The molecule has 0 unspecified atom stereocenters. The standard InChI is InChI=1S/C15H18N4O/c1-19-12(7-9-17-19)6-8-16-15(20)14-10-11-4-2-3-5-13(11)18-14/h2-5,7,9,14,18H,6,8,10H2,1H3,(H,16,20)/t14-/m0/s1. The maximum Gasteiger partial charge on any atom is 0.242 e. The maximum atomic E-state index is 12.1. The van der Waals surface area contributed by atoms with Crippen LogP contribution in [-0.2, 0) is 24.7 Å². The van der Waals surface area contributed by atoms with E-state index in [4.69, 9.17) is 0 Å². The second-order valence-electron chi connectivity index (χ2n) is 5.05. The second-order valence-corrected chi connectivity index (χ2v) is 5.05. The van der Waals surface area contributed by atoms with E-state index in [1.807, 2.05) is 36.0 Å². The minimum Gasteiger partial charge on any atom is -0.373 e. The fourth-order valence-corrected chi connectivity index (χ4v) is 2.54. The molecule has 3 rings (SSSR count). The zero-order valence-electron chi connectivity index (χ0n) is 11.5. The zero-order chi connectivity index (χ0) is 13.9. The van der Waals surface area contributed by atoms with Crippen molar-refractivity contribution in [1.29, 1.82) is 0 Å². The van der Waals surface area contributed by atoms with Crippen molar-refractivity contribution in [3.05, 3.63) is 47.8 Å². The number of anilines is 1. The van der Waals surface area contributed by atoms with Crippen molar-refractivity contribution >= 4 is 11.6 Å². The van der Waals surface area contributed by atoms with E-state index < -0.39 is 0 Å². The molecule has 5 nitrogen and oxygen atoms in total. The van der Waals surface area contributed by atoms with Gasteiger partial charge in [0.15, 0.2) is 0 Å². The number of carbonyl (C=O) groups excluding carboxylic acids is 1. The van der Waals surface area contributed by atoms with Crippen LogP contribution in [0.25, 0.3) is 0 Å². The minimum atomic E-state index is -0.154. The van der Waals surface area contributed by atoms with Crippen molar-refractivity contribution in [3.63, 3.8) is 0 Å². The van der Waals surface area contributed by atoms with Gasteiger partial charge in [0, 0.05) is 44.0 Å². The van der Waals surface area contributed by atoms with Gasteiger partial charge in [-0.3, -0.25) is 9.48 Å². The maximum absolute atomic E-state index is 12.1. The van der Waals surface area contributed by atoms with Gasteiger partial charge in [0.05, 0.1) is 0 Å². The predicted molar refractivity (Wildman–Crippen MR) is 77.5 cm³/mol. The topological polar surface area (TPSA) is 59.0 Å². The van der Waals surface area contributed by atoms with Crippen LogP contribution in [-0.4, -0.2) is 28.3 Å². The van der Waals surface area contributed by atoms with Crippen LogP contribution < -0.4 is 10.6 Å². The van der Waals surface area contributed by atoms with Crippen LogP contribution in [0, 0.1) is 0 Å². The van der Waals surface area contributed by atoms with E-state index in [0.29, 0.717) is 6.54 Å². The van der Waals surface area contributed by atoms with Crippen LogP contribution in [0.15, 0.2) is 36.5 Å². The van der Waals surface area contributed by atoms with Gasteiger partial charge in [0.1, 0.15) is 6.04 Å². The SMILES string of the molecule is Cn1nccc1CCNC(=O)[C@@H]1Cc2ccccc2N1. The molecule has 1 aromatic carbocycles. The van der Waals surface area contributed by atoms with Gasteiger partial charge in [0.25, 0.3) is 0 Å². The highest BCUT2D eigenvalue weighted by atomic mass is 16.2. The Hall–Kier alpha value is -2.30. The van der Waals surface area contributed by atoms with Crippen molar-refractivity contribution in [2.75, 3.05) is 11.9 Å². The lowest BCUT2D eigenvalue weighted by Gasteiger charge is -2.12. The summed E-state index contributed by atoms with van der Waals surface area (Å²) >= 11 is 0. The number of benzene rings is 1. The third kappa shape index (κ3) is 2.52. The molecule has 1 aliphatic heterocycles. The molecule has 0 bridgehead atoms. The molecule has 2 heterocycles. The molecular formula is C15H18N4O. The lowest BCUT2D eigenvalue weighted by molar-refractivity contribution is -0.121. The third-order valence-electron chi connectivity index (χ3n) is 3.69. The number of hydrogen-bond acceptors (Lipinski definition) is 3. The Morgan fingerprint density at radius 2 is 2.30 bits per heavy atom. The van der Waals surface area contributed by atoms with Crippen molar-refractivity contribution in [3.8, 4) is 0 Å². The van der Waals surface area contributed by atoms with Crippen LogP contribution in [0.5, 0.6) is 0 Å². The van der Waals surface area contributed by atoms with Crippen molar-refractivity contribution in [2.45, 2.75) is 18.9 Å². The van der Waals surface area contributed by atoms with Gasteiger partial charge in [-0.1, -0.05) is 18.2 Å². The fraction of sp³-hybridized carbons (Fsp3) is 0.333. The van der Waals surface area contributed by atoms with Crippen LogP contribution >= 0.6 is 0 Å². The molecule has 2 aromatic rings. The number of fused-ring (bicyclic) bond motifs is 1. The van der Waals surface area contributed by atoms with Crippen LogP contribution in [0.4, 0.5) is 5.69 Å². The lowest BCUT2D eigenvalue weighted by atomic mass is 10.1. The third-order valence-corrected chi connectivity index (χ3v) is 3.69. The van der Waals surface area contributed by atoms with Gasteiger partial charge in [-0.2, -0.15) is 5.10 Å². The molecule has 0 aliphatic carbocycles. The summed E-state index contributed by atoms with van der Waals surface area (Å²) in [6.45, 7) is 0.632. The number of aryl methyl sites for hydroxylation is 1. The number of hydrogen-bond donors (Lipinski definition) is 2. The Balaban J connectivity index is 1.50. The highest BCUT2D eigenvalue weighted by molar-refractivity contribution is 5.87. The number of nitrogens with zero attached hydrogens (tertiary/aromatic N) is 2. The molecular weight excluding hydrogens is 252 g/mol. The van der Waals surface area contributed by atoms with E-state index >= 15 is 0 Å². The highest BCUT2D eigenvalue weighted by Gasteiger charge is 2.25. The summed E-state index contributed by atoms with van der Waals surface area (Å²) in [7, 11) is 1.91. The average Bonchev–Trinajstić information content (AvgIpc) is 3.05. The summed E-state index contributed by atoms with van der Waals surface area (Å²) < 4.78 is 1.83. The van der Waals surface area contributed by atoms with Gasteiger partial charge in [-0.25, -0.2) is 0 Å². The van der Waals surface area contributed by atoms with E-state index in [1.165, 1.54) is 5.56 Å². The Bertz CT molecular complexity index is 595. The van der Waals surface area contributed by atoms with Gasteiger partial charge >= 0.3 is 0 Å². The quantitative estimate of drug-likeness (QED) is 0.875. The molecule has 1 amide bonds. The van der Waals surface area contributed by atoms with Crippen molar-refractivity contribution in [2.24, 2.45) is 7.05 Å². The molecule has 20 heavy (non-hydrogen) atoms. The van der Waals surface area contributed by atoms with Crippen LogP contribution in [0.3, 0.4) is 0 Å². The number of carbonyl (C=O) groups is 1. The summed E-state index contributed by atoms with van der Waals surface area (Å²) in [5.41, 5.74) is 3.39. The fourth-order valence-electron chi connectivity index (χ4n) is 2.54. The molecule has 2 N–H and O–H groups in total. The summed E-state index contributed by atoms with van der Waals surface area (Å²) in [5, 5.41) is 10.4. The molecule has 0 fully saturated rings. The summed E-state index contributed by atoms with van der Waals surface area (Å²) in [4.78, 5) is 12.1. The van der Waals surface area contributed by atoms with Gasteiger partial charge < -0.3 is 10.6 Å². The average molecular weight is 270 g/mol. The predicted octanol–water partition coefficient (Wildman–Crippen LogP) is 1.12. The van der Waals surface area contributed by atoms with E-state index in [0.717, 1.165) is 24.2 Å². The van der Waals surface area contributed by atoms with E-state index in [-0.39, 0.29) is 11.9 Å². The minimum absolute atomic E-state index is 0.0587. The Morgan fingerprint density at radius 3 is 3.05 bits per heavy atom. The Kier molecular flexibility index (Phi) is 3.41. The van der Waals surface area contributed by atoms with E-state index in [2.05, 4.69) is 21.8 Å².